The molecule has 0 radical (unpaired) electrons. The van der Waals surface area contributed by atoms with Crippen molar-refractivity contribution in [2.45, 2.75) is 19.4 Å². The molecular weight excluding hydrogens is 190 g/mol. The molecule has 4 heteroatoms. The first-order chi connectivity index (χ1) is 7.36. The Morgan fingerprint density at radius 2 is 2.00 bits per heavy atom. The fourth-order valence-electron chi connectivity index (χ4n) is 2.05. The second-order valence-electron chi connectivity index (χ2n) is 3.68. The average Bonchev–Trinajstić information content (AvgIpc) is 2.78. The van der Waals surface area contributed by atoms with Gasteiger partial charge in [0, 0.05) is 13.0 Å². The Morgan fingerprint density at radius 3 is 2.80 bits per heavy atom. The van der Waals surface area contributed by atoms with E-state index in [9.17, 15) is 4.79 Å². The fraction of sp³-hybridized carbons (Fsp3) is 0.273. The molecule has 2 aromatic rings. The van der Waals surface area contributed by atoms with Crippen molar-refractivity contribution in [1.29, 1.82) is 0 Å². The van der Waals surface area contributed by atoms with Crippen LogP contribution in [-0.4, -0.2) is 14.3 Å². The number of aromatic nitrogens is 3. The molecule has 0 amide bonds. The highest BCUT2D eigenvalue weighted by atomic mass is 16.2. The van der Waals surface area contributed by atoms with Gasteiger partial charge in [-0.2, -0.15) is 9.67 Å². The van der Waals surface area contributed by atoms with Gasteiger partial charge in [0.1, 0.15) is 5.82 Å². The number of fused-ring (bicyclic) bond motifs is 1. The second kappa shape index (κ2) is 3.08. The minimum Gasteiger partial charge on any atom is -0.263 e. The molecule has 3 rings (SSSR count). The molecule has 0 unspecified atom stereocenters. The van der Waals surface area contributed by atoms with Crippen LogP contribution in [0.1, 0.15) is 12.2 Å². The van der Waals surface area contributed by atoms with E-state index in [4.69, 9.17) is 0 Å². The Hall–Kier alpha value is -1.84. The lowest BCUT2D eigenvalue weighted by Gasteiger charge is -2.06. The van der Waals surface area contributed by atoms with Gasteiger partial charge in [-0.1, -0.05) is 18.2 Å². The first kappa shape index (κ1) is 8.47. The van der Waals surface area contributed by atoms with E-state index in [1.165, 1.54) is 0 Å². The van der Waals surface area contributed by atoms with Gasteiger partial charge in [-0.25, -0.2) is 4.79 Å². The molecule has 2 heterocycles. The predicted octanol–water partition coefficient (Wildman–Crippen LogP) is 0.980. The normalized spacial score (nSPS) is 14.1. The summed E-state index contributed by atoms with van der Waals surface area (Å²) in [5.74, 6) is 0.906. The van der Waals surface area contributed by atoms with Crippen molar-refractivity contribution in [3.05, 3.63) is 46.6 Å². The van der Waals surface area contributed by atoms with Crippen LogP contribution in [0, 0.1) is 0 Å². The third-order valence-corrected chi connectivity index (χ3v) is 2.72. The molecule has 0 aliphatic carbocycles. The van der Waals surface area contributed by atoms with Crippen LogP contribution in [-0.2, 0) is 13.0 Å². The van der Waals surface area contributed by atoms with Gasteiger partial charge in [0.25, 0.3) is 0 Å². The van der Waals surface area contributed by atoms with Crippen molar-refractivity contribution in [3.63, 3.8) is 0 Å². The van der Waals surface area contributed by atoms with E-state index in [1.54, 1.807) is 4.68 Å². The quantitative estimate of drug-likeness (QED) is 0.690. The number of hydrogen-bond acceptors (Lipinski definition) is 2. The number of rotatable bonds is 1. The zero-order valence-corrected chi connectivity index (χ0v) is 8.26. The lowest BCUT2D eigenvalue weighted by molar-refractivity contribution is 0.574. The molecule has 0 saturated carbocycles. The molecule has 0 spiro atoms. The first-order valence-electron chi connectivity index (χ1n) is 5.10. The number of benzene rings is 1. The molecule has 0 atom stereocenters. The third-order valence-electron chi connectivity index (χ3n) is 2.72. The molecule has 15 heavy (non-hydrogen) atoms. The summed E-state index contributed by atoms with van der Waals surface area (Å²) in [4.78, 5) is 15.7. The topological polar surface area (TPSA) is 39.8 Å². The molecule has 0 bridgehead atoms. The highest BCUT2D eigenvalue weighted by Gasteiger charge is 2.18. The third kappa shape index (κ3) is 1.21. The highest BCUT2D eigenvalue weighted by molar-refractivity contribution is 5.30. The van der Waals surface area contributed by atoms with Gasteiger partial charge in [0.15, 0.2) is 0 Å². The number of hydrogen-bond donors (Lipinski definition) is 0. The summed E-state index contributed by atoms with van der Waals surface area (Å²) in [5.41, 5.74) is 0.721. The molecule has 1 aromatic heterocycles. The largest absolute Gasteiger partial charge is 0.368 e. The Morgan fingerprint density at radius 1 is 1.20 bits per heavy atom. The Labute approximate surface area is 86.8 Å². The van der Waals surface area contributed by atoms with E-state index >= 15 is 0 Å². The minimum atomic E-state index is -0.170. The smallest absolute Gasteiger partial charge is 0.263 e. The SMILES string of the molecule is O=c1nc2n(n1-c1ccccc1)CCC2. The maximum Gasteiger partial charge on any atom is 0.368 e. The van der Waals surface area contributed by atoms with Crippen LogP contribution in [0.2, 0.25) is 0 Å². The van der Waals surface area contributed by atoms with Crippen LogP contribution in [0.15, 0.2) is 35.1 Å². The summed E-state index contributed by atoms with van der Waals surface area (Å²) in [7, 11) is 0. The van der Waals surface area contributed by atoms with Gasteiger partial charge in [-0.3, -0.25) is 4.68 Å². The molecule has 0 fully saturated rings. The van der Waals surface area contributed by atoms with Gasteiger partial charge in [-0.15, -0.1) is 0 Å². The van der Waals surface area contributed by atoms with Gasteiger partial charge < -0.3 is 0 Å². The molecule has 1 aliphatic heterocycles. The van der Waals surface area contributed by atoms with Crippen LogP contribution in [0.4, 0.5) is 0 Å². The van der Waals surface area contributed by atoms with Crippen LogP contribution in [0.5, 0.6) is 0 Å². The Bertz CT molecular complexity index is 539. The van der Waals surface area contributed by atoms with E-state index < -0.39 is 0 Å². The van der Waals surface area contributed by atoms with Crippen LogP contribution >= 0.6 is 0 Å². The van der Waals surface area contributed by atoms with Crippen molar-refractivity contribution in [1.82, 2.24) is 14.3 Å². The molecule has 4 nitrogen and oxygen atoms in total. The van der Waals surface area contributed by atoms with Gasteiger partial charge in [0.2, 0.25) is 0 Å². The second-order valence-corrected chi connectivity index (χ2v) is 3.68. The summed E-state index contributed by atoms with van der Waals surface area (Å²) < 4.78 is 3.62. The number of nitrogens with zero attached hydrogens (tertiary/aromatic N) is 3. The monoisotopic (exact) mass is 201 g/mol. The van der Waals surface area contributed by atoms with Crippen LogP contribution in [0.25, 0.3) is 5.69 Å². The molecular formula is C11H11N3O. The van der Waals surface area contributed by atoms with Crippen molar-refractivity contribution in [2.75, 3.05) is 0 Å². The maximum atomic E-state index is 11.7. The zero-order valence-electron chi connectivity index (χ0n) is 8.26. The molecule has 1 aromatic carbocycles. The number of aryl methyl sites for hydroxylation is 1. The highest BCUT2D eigenvalue weighted by Crippen LogP contribution is 2.13. The van der Waals surface area contributed by atoms with Crippen molar-refractivity contribution in [2.24, 2.45) is 0 Å². The number of para-hydroxylation sites is 1. The van der Waals surface area contributed by atoms with E-state index in [1.807, 2.05) is 35.0 Å². The van der Waals surface area contributed by atoms with E-state index in [2.05, 4.69) is 4.98 Å². The van der Waals surface area contributed by atoms with Gasteiger partial charge in [0.05, 0.1) is 5.69 Å². The molecule has 0 saturated heterocycles. The Balaban J connectivity index is 2.25. The van der Waals surface area contributed by atoms with E-state index in [0.29, 0.717) is 0 Å². The van der Waals surface area contributed by atoms with E-state index in [0.717, 1.165) is 30.9 Å². The molecule has 76 valence electrons. The summed E-state index contributed by atoms with van der Waals surface area (Å²) in [6.45, 7) is 0.888. The summed E-state index contributed by atoms with van der Waals surface area (Å²) >= 11 is 0. The van der Waals surface area contributed by atoms with Gasteiger partial charge in [-0.05, 0) is 18.6 Å². The minimum absolute atomic E-state index is 0.170. The maximum absolute atomic E-state index is 11.7. The molecule has 1 aliphatic rings. The van der Waals surface area contributed by atoms with Crippen LogP contribution < -0.4 is 5.69 Å². The predicted molar refractivity (Wildman–Crippen MR) is 56.1 cm³/mol. The van der Waals surface area contributed by atoms with Crippen LogP contribution in [0.3, 0.4) is 0 Å². The summed E-state index contributed by atoms with van der Waals surface area (Å²) in [5, 5.41) is 0. The summed E-state index contributed by atoms with van der Waals surface area (Å²) in [6.07, 6.45) is 1.99. The lowest BCUT2D eigenvalue weighted by atomic mass is 10.3. The van der Waals surface area contributed by atoms with Crippen molar-refractivity contribution in [3.8, 4) is 5.69 Å². The van der Waals surface area contributed by atoms with Crippen molar-refractivity contribution >= 4 is 0 Å². The fourth-order valence-corrected chi connectivity index (χ4v) is 2.05. The average molecular weight is 201 g/mol. The summed E-state index contributed by atoms with van der Waals surface area (Å²) in [6, 6.07) is 9.65. The van der Waals surface area contributed by atoms with Crippen molar-refractivity contribution < 1.29 is 0 Å². The standard InChI is InChI=1S/C11H11N3O/c15-11-12-10-7-4-8-13(10)14(11)9-5-2-1-3-6-9/h1-3,5-6H,4,7-8H2. The Kier molecular flexibility index (Phi) is 1.74. The van der Waals surface area contributed by atoms with Gasteiger partial charge >= 0.3 is 5.69 Å². The molecule has 0 N–H and O–H groups in total. The lowest BCUT2D eigenvalue weighted by Crippen LogP contribution is -2.21. The van der Waals surface area contributed by atoms with E-state index in [-0.39, 0.29) is 5.69 Å². The zero-order chi connectivity index (χ0) is 10.3. The first-order valence-corrected chi connectivity index (χ1v) is 5.10.